The second kappa shape index (κ2) is 11.4. The molecule has 0 aliphatic heterocycles. The highest BCUT2D eigenvalue weighted by Crippen LogP contribution is 2.19. The van der Waals surface area contributed by atoms with Gasteiger partial charge in [-0.1, -0.05) is 47.5 Å². The van der Waals surface area contributed by atoms with Gasteiger partial charge in [-0.2, -0.15) is 5.26 Å². The van der Waals surface area contributed by atoms with Crippen molar-refractivity contribution in [1.82, 2.24) is 0 Å². The van der Waals surface area contributed by atoms with Crippen LogP contribution in [0, 0.1) is 25.2 Å². The molecule has 0 spiro atoms. The van der Waals surface area contributed by atoms with Crippen LogP contribution in [-0.2, 0) is 19.1 Å². The number of carbonyl (C=O) groups excluding carboxylic acids is 3. The lowest BCUT2D eigenvalue weighted by Crippen LogP contribution is -2.48. The Morgan fingerprint density at radius 3 is 1.83 bits per heavy atom. The average molecular weight is 486 g/mol. The van der Waals surface area contributed by atoms with E-state index in [1.165, 1.54) is 36.4 Å². The minimum atomic E-state index is -2.18. The Balaban J connectivity index is 1.96. The number of carboxylic acids is 1. The number of hydrogen-bond donors (Lipinski definition) is 2. The summed E-state index contributed by atoms with van der Waals surface area (Å²) in [5.74, 6) is -4.82. The van der Waals surface area contributed by atoms with Gasteiger partial charge in [-0.3, -0.25) is 4.79 Å². The first kappa shape index (κ1) is 25.6. The Morgan fingerprint density at radius 2 is 1.33 bits per heavy atom. The molecule has 0 saturated carbocycles. The minimum Gasteiger partial charge on any atom is -0.478 e. The van der Waals surface area contributed by atoms with E-state index in [0.717, 1.165) is 11.1 Å². The lowest BCUT2D eigenvalue weighted by Gasteiger charge is -2.24. The molecule has 9 heteroatoms. The average Bonchev–Trinajstić information content (AvgIpc) is 2.86. The zero-order valence-corrected chi connectivity index (χ0v) is 19.4. The number of rotatable bonds is 8. The highest BCUT2D eigenvalue weighted by molar-refractivity contribution is 6.02. The number of anilines is 1. The van der Waals surface area contributed by atoms with Gasteiger partial charge < -0.3 is 19.9 Å². The molecule has 3 aromatic rings. The third kappa shape index (κ3) is 6.33. The molecule has 0 fully saturated rings. The first-order chi connectivity index (χ1) is 17.2. The Labute approximate surface area is 206 Å². The topological polar surface area (TPSA) is 143 Å². The number of nitriles is 1. The van der Waals surface area contributed by atoms with Crippen LogP contribution in [0.5, 0.6) is 0 Å². The van der Waals surface area contributed by atoms with E-state index < -0.39 is 36.0 Å². The second-order valence-corrected chi connectivity index (χ2v) is 7.88. The number of carbonyl (C=O) groups is 4. The van der Waals surface area contributed by atoms with Crippen molar-refractivity contribution in [2.24, 2.45) is 0 Å². The SMILES string of the molecule is Cc1cccc(C(=O)O[C@H](C(=O)Nc2ccccc2C#N)[C@@H](OC(=O)c2cccc(C)c2)C(=O)O)c1. The fraction of sp³-hybridized carbons (Fsp3) is 0.148. The van der Waals surface area contributed by atoms with Crippen LogP contribution in [0.25, 0.3) is 0 Å². The zero-order chi connectivity index (χ0) is 26.2. The van der Waals surface area contributed by atoms with Crippen LogP contribution < -0.4 is 5.32 Å². The summed E-state index contributed by atoms with van der Waals surface area (Å²) in [4.78, 5) is 50.8. The number of aliphatic carboxylic acids is 1. The molecule has 3 aromatic carbocycles. The Kier molecular flexibility index (Phi) is 8.15. The molecule has 36 heavy (non-hydrogen) atoms. The van der Waals surface area contributed by atoms with Crippen molar-refractivity contribution in [2.45, 2.75) is 26.1 Å². The highest BCUT2D eigenvalue weighted by Gasteiger charge is 2.41. The minimum absolute atomic E-state index is 0.0558. The summed E-state index contributed by atoms with van der Waals surface area (Å²) in [5.41, 5.74) is 1.74. The van der Waals surface area contributed by atoms with E-state index in [0.29, 0.717) is 0 Å². The van der Waals surface area contributed by atoms with Gasteiger partial charge in [0.2, 0.25) is 12.2 Å². The maximum atomic E-state index is 13.2. The zero-order valence-electron chi connectivity index (χ0n) is 19.4. The van der Waals surface area contributed by atoms with Crippen molar-refractivity contribution in [2.75, 3.05) is 5.32 Å². The number of amides is 1. The molecule has 0 unspecified atom stereocenters. The molecule has 2 N–H and O–H groups in total. The monoisotopic (exact) mass is 486 g/mol. The molecule has 0 aliphatic carbocycles. The Bertz CT molecular complexity index is 1360. The van der Waals surface area contributed by atoms with Gasteiger partial charge in [0.1, 0.15) is 6.07 Å². The van der Waals surface area contributed by atoms with Crippen molar-refractivity contribution in [1.29, 1.82) is 5.26 Å². The number of carboxylic acid groups (broad SMARTS) is 1. The van der Waals surface area contributed by atoms with Crippen LogP contribution in [0.4, 0.5) is 5.69 Å². The number of nitrogens with one attached hydrogen (secondary N) is 1. The smallest absolute Gasteiger partial charge is 0.349 e. The first-order valence-corrected chi connectivity index (χ1v) is 10.8. The predicted molar refractivity (Wildman–Crippen MR) is 128 cm³/mol. The summed E-state index contributed by atoms with van der Waals surface area (Å²) in [6, 6.07) is 20.4. The fourth-order valence-electron chi connectivity index (χ4n) is 3.30. The third-order valence-electron chi connectivity index (χ3n) is 5.06. The summed E-state index contributed by atoms with van der Waals surface area (Å²) in [6.07, 6.45) is -4.25. The third-order valence-corrected chi connectivity index (χ3v) is 5.06. The molecule has 0 aliphatic rings. The Morgan fingerprint density at radius 1 is 0.806 bits per heavy atom. The van der Waals surface area contributed by atoms with Crippen molar-refractivity contribution in [3.05, 3.63) is 101 Å². The molecule has 182 valence electrons. The number of nitrogens with zero attached hydrogens (tertiary/aromatic N) is 1. The van der Waals surface area contributed by atoms with Crippen molar-refractivity contribution in [3.63, 3.8) is 0 Å². The number of benzene rings is 3. The molecule has 9 nitrogen and oxygen atoms in total. The molecule has 1 amide bonds. The van der Waals surface area contributed by atoms with Crippen LogP contribution in [0.15, 0.2) is 72.8 Å². The van der Waals surface area contributed by atoms with E-state index in [4.69, 9.17) is 9.47 Å². The maximum absolute atomic E-state index is 13.2. The number of esters is 2. The molecule has 0 bridgehead atoms. The molecule has 3 rings (SSSR count). The number of ether oxygens (including phenoxy) is 2. The Hall–Kier alpha value is -4.97. The van der Waals surface area contributed by atoms with Crippen LogP contribution in [0.2, 0.25) is 0 Å². The molecule has 2 atom stereocenters. The van der Waals surface area contributed by atoms with Gasteiger partial charge in [0.05, 0.1) is 22.4 Å². The van der Waals surface area contributed by atoms with E-state index >= 15 is 0 Å². The van der Waals surface area contributed by atoms with Crippen LogP contribution in [-0.4, -0.2) is 41.1 Å². The van der Waals surface area contributed by atoms with E-state index in [1.807, 2.05) is 6.07 Å². The van der Waals surface area contributed by atoms with Gasteiger partial charge in [-0.15, -0.1) is 0 Å². The van der Waals surface area contributed by atoms with E-state index in [9.17, 15) is 29.5 Å². The van der Waals surface area contributed by atoms with Crippen LogP contribution >= 0.6 is 0 Å². The van der Waals surface area contributed by atoms with Crippen LogP contribution in [0.3, 0.4) is 0 Å². The lowest BCUT2D eigenvalue weighted by atomic mass is 10.1. The van der Waals surface area contributed by atoms with Gasteiger partial charge in [-0.05, 0) is 50.2 Å². The van der Waals surface area contributed by atoms with Gasteiger partial charge in [0.15, 0.2) is 0 Å². The van der Waals surface area contributed by atoms with Crippen molar-refractivity contribution in [3.8, 4) is 6.07 Å². The molecule has 0 aromatic heterocycles. The molecule has 0 radical (unpaired) electrons. The number of aryl methyl sites for hydroxylation is 2. The van der Waals surface area contributed by atoms with Crippen LogP contribution in [0.1, 0.15) is 37.4 Å². The molecule has 0 saturated heterocycles. The maximum Gasteiger partial charge on any atom is 0.349 e. The van der Waals surface area contributed by atoms with E-state index in [1.54, 1.807) is 50.2 Å². The quantitative estimate of drug-likeness (QED) is 0.459. The second-order valence-electron chi connectivity index (χ2n) is 7.88. The summed E-state index contributed by atoms with van der Waals surface area (Å²) < 4.78 is 10.4. The number of hydrogen-bond acceptors (Lipinski definition) is 7. The molecular formula is C27H22N2O7. The summed E-state index contributed by atoms with van der Waals surface area (Å²) in [5, 5.41) is 21.5. The van der Waals surface area contributed by atoms with E-state index in [-0.39, 0.29) is 22.4 Å². The number of para-hydroxylation sites is 1. The summed E-state index contributed by atoms with van der Waals surface area (Å²) in [6.45, 7) is 3.47. The molecule has 0 heterocycles. The highest BCUT2D eigenvalue weighted by atomic mass is 16.6. The van der Waals surface area contributed by atoms with Crippen molar-refractivity contribution >= 4 is 29.5 Å². The van der Waals surface area contributed by atoms with Gasteiger partial charge in [-0.25, -0.2) is 14.4 Å². The largest absolute Gasteiger partial charge is 0.478 e. The standard InChI is InChI=1S/C27H22N2O7/c1-16-7-5-10-18(13-16)26(33)35-22(24(30)29-21-12-4-3-9-20(21)15-28)23(25(31)32)36-27(34)19-11-6-8-17(2)14-19/h3-14,22-23H,1-2H3,(H,29,30)(H,31,32)/t22-,23+/m0/s1. The molecular weight excluding hydrogens is 464 g/mol. The van der Waals surface area contributed by atoms with Gasteiger partial charge in [0, 0.05) is 0 Å². The first-order valence-electron chi connectivity index (χ1n) is 10.8. The van der Waals surface area contributed by atoms with Crippen molar-refractivity contribution < 1.29 is 33.8 Å². The predicted octanol–water partition coefficient (Wildman–Crippen LogP) is 3.65. The van der Waals surface area contributed by atoms with E-state index in [2.05, 4.69) is 5.32 Å². The summed E-state index contributed by atoms with van der Waals surface area (Å²) in [7, 11) is 0. The normalized spacial score (nSPS) is 11.9. The van der Waals surface area contributed by atoms with Gasteiger partial charge in [0.25, 0.3) is 5.91 Å². The fourth-order valence-corrected chi connectivity index (χ4v) is 3.30. The lowest BCUT2D eigenvalue weighted by molar-refractivity contribution is -0.157. The summed E-state index contributed by atoms with van der Waals surface area (Å²) >= 11 is 0. The van der Waals surface area contributed by atoms with Gasteiger partial charge >= 0.3 is 17.9 Å².